The average Bonchev–Trinajstić information content (AvgIpc) is 2.73. The summed E-state index contributed by atoms with van der Waals surface area (Å²) in [7, 11) is -2.00. The first-order valence-electron chi connectivity index (χ1n) is 7.33. The zero-order valence-corrected chi connectivity index (χ0v) is 14.2. The summed E-state index contributed by atoms with van der Waals surface area (Å²) < 4.78 is 25.7. The maximum absolute atomic E-state index is 11.7. The molecule has 1 aromatic rings. The van der Waals surface area contributed by atoms with E-state index in [1.54, 1.807) is 6.07 Å². The molecule has 0 saturated carbocycles. The van der Waals surface area contributed by atoms with E-state index in [4.69, 9.17) is 0 Å². The summed E-state index contributed by atoms with van der Waals surface area (Å²) in [6.07, 6.45) is 5.11. The van der Waals surface area contributed by atoms with Gasteiger partial charge in [-0.05, 0) is 37.8 Å². The molecule has 2 rings (SSSR count). The van der Waals surface area contributed by atoms with Crippen LogP contribution in [0.2, 0.25) is 0 Å². The van der Waals surface area contributed by atoms with Crippen LogP contribution in [0.3, 0.4) is 0 Å². The molecule has 2 heterocycles. The van der Waals surface area contributed by atoms with Crippen molar-refractivity contribution in [2.24, 2.45) is 0 Å². The lowest BCUT2D eigenvalue weighted by atomic mass is 10.2. The number of rotatable bonds is 5. The molecule has 0 aliphatic carbocycles. The van der Waals surface area contributed by atoms with Crippen LogP contribution in [0.25, 0.3) is 0 Å². The van der Waals surface area contributed by atoms with Gasteiger partial charge in [0, 0.05) is 24.5 Å². The van der Waals surface area contributed by atoms with Crippen molar-refractivity contribution in [2.75, 3.05) is 30.8 Å². The maximum Gasteiger partial charge on any atom is 0.241 e. The Morgan fingerprint density at radius 1 is 1.43 bits per heavy atom. The lowest BCUT2D eigenvalue weighted by Crippen LogP contribution is -2.30. The summed E-state index contributed by atoms with van der Waals surface area (Å²) in [5.41, 5.74) is 0. The number of hydrogen-bond donors (Lipinski definition) is 1. The molecule has 1 aliphatic heterocycles. The van der Waals surface area contributed by atoms with Crippen LogP contribution in [0.4, 0.5) is 5.82 Å². The Hall–Kier alpha value is -0.790. The smallest absolute Gasteiger partial charge is 0.241 e. The van der Waals surface area contributed by atoms with Crippen molar-refractivity contribution in [1.29, 1.82) is 0 Å². The van der Waals surface area contributed by atoms with Crippen molar-refractivity contribution in [3.63, 3.8) is 0 Å². The second-order valence-electron chi connectivity index (χ2n) is 5.08. The van der Waals surface area contributed by atoms with Crippen molar-refractivity contribution in [3.05, 3.63) is 18.3 Å². The van der Waals surface area contributed by atoms with Crippen molar-refractivity contribution in [3.8, 4) is 0 Å². The molecule has 1 unspecified atom stereocenters. The molecule has 0 spiro atoms. The molecule has 1 aromatic heterocycles. The fraction of sp³-hybridized carbons (Fsp3) is 0.643. The summed E-state index contributed by atoms with van der Waals surface area (Å²) in [6.45, 7) is 4.17. The van der Waals surface area contributed by atoms with E-state index in [1.807, 2.05) is 17.8 Å². The quantitative estimate of drug-likeness (QED) is 0.896. The third kappa shape index (κ3) is 4.34. The van der Waals surface area contributed by atoms with Crippen molar-refractivity contribution < 1.29 is 8.42 Å². The highest BCUT2D eigenvalue weighted by molar-refractivity contribution is 7.99. The molecular weight excluding hydrogens is 306 g/mol. The van der Waals surface area contributed by atoms with Crippen LogP contribution in [0, 0.1) is 0 Å². The first-order valence-corrected chi connectivity index (χ1v) is 9.86. The Labute approximate surface area is 131 Å². The van der Waals surface area contributed by atoms with Crippen molar-refractivity contribution >= 4 is 27.6 Å². The van der Waals surface area contributed by atoms with Crippen molar-refractivity contribution in [2.45, 2.75) is 36.3 Å². The lowest BCUT2D eigenvalue weighted by Gasteiger charge is -2.25. The maximum atomic E-state index is 11.7. The monoisotopic (exact) mass is 329 g/mol. The molecule has 0 bridgehead atoms. The van der Waals surface area contributed by atoms with Gasteiger partial charge in [-0.1, -0.05) is 13.3 Å². The minimum absolute atomic E-state index is 0.211. The highest BCUT2D eigenvalue weighted by Crippen LogP contribution is 2.25. The van der Waals surface area contributed by atoms with Gasteiger partial charge in [-0.3, -0.25) is 0 Å². The van der Waals surface area contributed by atoms with E-state index in [1.165, 1.54) is 32.5 Å². The van der Waals surface area contributed by atoms with E-state index in [0.717, 1.165) is 24.7 Å². The standard InChI is InChI=1S/C14H23N3O2S2/c1-3-20-12-6-4-5-9-17(11-12)14-8-7-13(10-16-14)21(18,19)15-2/h7-8,10,12,15H,3-6,9,11H2,1-2H3. The molecule has 118 valence electrons. The molecule has 0 radical (unpaired) electrons. The topological polar surface area (TPSA) is 62.3 Å². The molecule has 1 aliphatic rings. The number of sulfonamides is 1. The number of pyridine rings is 1. The van der Waals surface area contributed by atoms with Crippen LogP contribution >= 0.6 is 11.8 Å². The van der Waals surface area contributed by atoms with E-state index in [0.29, 0.717) is 5.25 Å². The van der Waals surface area contributed by atoms with Gasteiger partial charge in [0.05, 0.1) is 0 Å². The molecule has 1 saturated heterocycles. The fourth-order valence-electron chi connectivity index (χ4n) is 2.52. The molecule has 21 heavy (non-hydrogen) atoms. The van der Waals surface area contributed by atoms with Crippen molar-refractivity contribution in [1.82, 2.24) is 9.71 Å². The molecule has 1 fully saturated rings. The van der Waals surface area contributed by atoms with Gasteiger partial charge in [0.15, 0.2) is 0 Å². The van der Waals surface area contributed by atoms with Gasteiger partial charge in [-0.2, -0.15) is 11.8 Å². The minimum Gasteiger partial charge on any atom is -0.356 e. The molecule has 0 amide bonds. The molecule has 1 atom stereocenters. The number of thioether (sulfide) groups is 1. The van der Waals surface area contributed by atoms with Crippen LogP contribution in [0.1, 0.15) is 26.2 Å². The Balaban J connectivity index is 2.13. The lowest BCUT2D eigenvalue weighted by molar-refractivity contribution is 0.588. The first-order chi connectivity index (χ1) is 10.1. The molecule has 5 nitrogen and oxygen atoms in total. The van der Waals surface area contributed by atoms with Gasteiger partial charge < -0.3 is 4.90 Å². The van der Waals surface area contributed by atoms with E-state index in [9.17, 15) is 8.42 Å². The SMILES string of the molecule is CCSC1CCCCN(c2ccc(S(=O)(=O)NC)cn2)C1. The van der Waals surface area contributed by atoms with Crippen LogP contribution in [0.5, 0.6) is 0 Å². The van der Waals surface area contributed by atoms with Gasteiger partial charge in [0.2, 0.25) is 10.0 Å². The highest BCUT2D eigenvalue weighted by Gasteiger charge is 2.20. The Kier molecular flexibility index (Phi) is 5.89. The summed E-state index contributed by atoms with van der Waals surface area (Å²) in [6, 6.07) is 3.43. The predicted octanol–water partition coefficient (Wildman–Crippen LogP) is 2.10. The van der Waals surface area contributed by atoms with E-state index < -0.39 is 10.0 Å². The zero-order chi connectivity index (χ0) is 15.3. The number of anilines is 1. The second kappa shape index (κ2) is 7.47. The van der Waals surface area contributed by atoms with Crippen LogP contribution in [-0.4, -0.2) is 44.5 Å². The van der Waals surface area contributed by atoms with Gasteiger partial charge in [0.1, 0.15) is 10.7 Å². The molecule has 1 N–H and O–H groups in total. The summed E-state index contributed by atoms with van der Waals surface area (Å²) >= 11 is 2.00. The van der Waals surface area contributed by atoms with Gasteiger partial charge >= 0.3 is 0 Å². The predicted molar refractivity (Wildman–Crippen MR) is 88.5 cm³/mol. The van der Waals surface area contributed by atoms with Gasteiger partial charge in [-0.15, -0.1) is 0 Å². The van der Waals surface area contributed by atoms with Gasteiger partial charge in [-0.25, -0.2) is 18.1 Å². The van der Waals surface area contributed by atoms with Crippen LogP contribution in [0.15, 0.2) is 23.2 Å². The Bertz CT molecular complexity index is 546. The van der Waals surface area contributed by atoms with Crippen LogP contribution in [-0.2, 0) is 10.0 Å². The fourth-order valence-corrected chi connectivity index (χ4v) is 4.28. The number of nitrogens with zero attached hydrogens (tertiary/aromatic N) is 2. The Morgan fingerprint density at radius 2 is 2.24 bits per heavy atom. The number of nitrogens with one attached hydrogen (secondary N) is 1. The third-order valence-corrected chi connectivity index (χ3v) is 6.24. The molecule has 7 heteroatoms. The van der Waals surface area contributed by atoms with E-state index in [-0.39, 0.29) is 4.90 Å². The summed E-state index contributed by atoms with van der Waals surface area (Å²) in [5.74, 6) is 2.00. The normalized spacial score (nSPS) is 20.3. The van der Waals surface area contributed by atoms with Crippen LogP contribution < -0.4 is 9.62 Å². The first kappa shape index (κ1) is 16.6. The molecule has 0 aromatic carbocycles. The molecular formula is C14H23N3O2S2. The second-order valence-corrected chi connectivity index (χ2v) is 8.54. The average molecular weight is 329 g/mol. The number of aromatic nitrogens is 1. The summed E-state index contributed by atoms with van der Waals surface area (Å²) in [5, 5.41) is 0.639. The van der Waals surface area contributed by atoms with Gasteiger partial charge in [0.25, 0.3) is 0 Å². The summed E-state index contributed by atoms with van der Waals surface area (Å²) in [4.78, 5) is 6.84. The third-order valence-electron chi connectivity index (χ3n) is 3.65. The zero-order valence-electron chi connectivity index (χ0n) is 12.6. The van der Waals surface area contributed by atoms with E-state index >= 15 is 0 Å². The largest absolute Gasteiger partial charge is 0.356 e. The van der Waals surface area contributed by atoms with E-state index in [2.05, 4.69) is 21.5 Å². The Morgan fingerprint density at radius 3 is 2.86 bits per heavy atom. The minimum atomic E-state index is -3.41. The number of hydrogen-bond acceptors (Lipinski definition) is 5. The highest BCUT2D eigenvalue weighted by atomic mass is 32.2.